The smallest absolute Gasteiger partial charge is 0.451 e. The average Bonchev–Trinajstić information content (AvgIpc) is 3.67. The van der Waals surface area contributed by atoms with Crippen molar-refractivity contribution >= 4 is 29.3 Å². The van der Waals surface area contributed by atoms with Crippen LogP contribution in [0.25, 0.3) is 5.69 Å². The number of furan rings is 1. The van der Waals surface area contributed by atoms with Gasteiger partial charge >= 0.3 is 18.2 Å². The number of anilines is 3. The molecule has 0 saturated carbocycles. The Morgan fingerprint density at radius 3 is 2.15 bits per heavy atom. The fourth-order valence-electron chi connectivity index (χ4n) is 6.84. The largest absolute Gasteiger partial charge is 0.455 e. The molecular formula is C36H41F3N6O3. The number of benzene rings is 2. The minimum atomic E-state index is -4.70. The van der Waals surface area contributed by atoms with Gasteiger partial charge in [-0.15, -0.1) is 0 Å². The van der Waals surface area contributed by atoms with E-state index in [1.54, 1.807) is 9.58 Å². The van der Waals surface area contributed by atoms with Gasteiger partial charge in [0.1, 0.15) is 11.6 Å². The Hall–Kier alpha value is -4.74. The monoisotopic (exact) mass is 662 g/mol. The van der Waals surface area contributed by atoms with E-state index in [9.17, 15) is 22.8 Å². The van der Waals surface area contributed by atoms with Crippen molar-refractivity contribution in [3.63, 3.8) is 0 Å². The summed E-state index contributed by atoms with van der Waals surface area (Å²) in [4.78, 5) is 27.9. The standard InChI is InChI=1S/C36H41F3N6O3/c1-21-6-12-26(13-7-21)45-31(20-30(43-45)35(3,4)5)42-33(46)40-25-10-8-23(9-11-25)17-24-18-27-14-15-28(19-24)44(27)34(47)41-29-16-22(2)48-32(29)36(37,38)39/h6-13,16,20,24,27-28H,14-15,17-19H2,1-5H3,(H,41,47)(H2,40,42,46). The maximum absolute atomic E-state index is 13.4. The molecule has 12 heteroatoms. The van der Waals surface area contributed by atoms with E-state index in [4.69, 9.17) is 9.52 Å². The summed E-state index contributed by atoms with van der Waals surface area (Å²) in [6.07, 6.45) is -0.701. The number of alkyl halides is 3. The molecule has 4 aromatic rings. The zero-order chi connectivity index (χ0) is 34.4. The molecule has 0 spiro atoms. The number of carbonyl (C=O) groups excluding carboxylic acids is 2. The van der Waals surface area contributed by atoms with Gasteiger partial charge in [-0.05, 0) is 81.7 Å². The normalized spacial score (nSPS) is 19.3. The number of rotatable bonds is 6. The molecule has 2 atom stereocenters. The van der Waals surface area contributed by atoms with Gasteiger partial charge in [0.15, 0.2) is 0 Å². The third-order valence-corrected chi connectivity index (χ3v) is 9.15. The van der Waals surface area contributed by atoms with Gasteiger partial charge in [-0.1, -0.05) is 50.6 Å². The van der Waals surface area contributed by atoms with Crippen LogP contribution in [0, 0.1) is 19.8 Å². The number of carbonyl (C=O) groups is 2. The van der Waals surface area contributed by atoms with E-state index in [-0.39, 0.29) is 35.0 Å². The molecule has 9 nitrogen and oxygen atoms in total. The van der Waals surface area contributed by atoms with Crippen LogP contribution in [0.2, 0.25) is 0 Å². The lowest BCUT2D eigenvalue weighted by atomic mass is 9.86. The van der Waals surface area contributed by atoms with Crippen LogP contribution in [0.1, 0.15) is 74.8 Å². The molecule has 3 N–H and O–H groups in total. The van der Waals surface area contributed by atoms with Crippen molar-refractivity contribution in [2.45, 2.75) is 90.4 Å². The van der Waals surface area contributed by atoms with Crippen molar-refractivity contribution in [3.05, 3.63) is 89.0 Å². The number of fused-ring (bicyclic) bond motifs is 2. The third-order valence-electron chi connectivity index (χ3n) is 9.15. The quantitative estimate of drug-likeness (QED) is 0.192. The lowest BCUT2D eigenvalue weighted by molar-refractivity contribution is -0.152. The number of piperidine rings is 1. The molecule has 2 bridgehead atoms. The summed E-state index contributed by atoms with van der Waals surface area (Å²) in [7, 11) is 0. The maximum atomic E-state index is 13.4. The van der Waals surface area contributed by atoms with Crippen molar-refractivity contribution in [2.75, 3.05) is 16.0 Å². The number of aryl methyl sites for hydroxylation is 2. The lowest BCUT2D eigenvalue weighted by Crippen LogP contribution is -2.48. The first-order valence-corrected chi connectivity index (χ1v) is 16.3. The first-order chi connectivity index (χ1) is 22.6. The van der Waals surface area contributed by atoms with Crippen LogP contribution in [0.15, 0.2) is 65.1 Å². The van der Waals surface area contributed by atoms with E-state index in [0.29, 0.717) is 17.4 Å². The maximum Gasteiger partial charge on any atom is 0.451 e. The molecule has 6 rings (SSSR count). The summed E-state index contributed by atoms with van der Waals surface area (Å²) in [5.41, 5.74) is 4.03. The Morgan fingerprint density at radius 2 is 1.54 bits per heavy atom. The minimum Gasteiger partial charge on any atom is -0.455 e. The van der Waals surface area contributed by atoms with Crippen LogP contribution in [-0.2, 0) is 18.0 Å². The second-order valence-corrected chi connectivity index (χ2v) is 14.0. The van der Waals surface area contributed by atoms with Crippen LogP contribution in [0.3, 0.4) is 0 Å². The predicted molar refractivity (Wildman–Crippen MR) is 179 cm³/mol. The van der Waals surface area contributed by atoms with Crippen molar-refractivity contribution in [1.29, 1.82) is 0 Å². The highest BCUT2D eigenvalue weighted by molar-refractivity contribution is 5.99. The average molecular weight is 663 g/mol. The van der Waals surface area contributed by atoms with Crippen molar-refractivity contribution < 1.29 is 27.2 Å². The number of hydrogen-bond acceptors (Lipinski definition) is 4. The van der Waals surface area contributed by atoms with Crippen LogP contribution in [-0.4, -0.2) is 38.8 Å². The van der Waals surface area contributed by atoms with Gasteiger partial charge in [0, 0.05) is 35.3 Å². The topological polar surface area (TPSA) is 104 Å². The molecule has 2 fully saturated rings. The Balaban J connectivity index is 1.05. The van der Waals surface area contributed by atoms with E-state index in [0.717, 1.165) is 54.6 Å². The number of amides is 4. The molecule has 48 heavy (non-hydrogen) atoms. The molecular weight excluding hydrogens is 621 g/mol. The Bertz CT molecular complexity index is 1770. The molecule has 2 unspecified atom stereocenters. The van der Waals surface area contributed by atoms with Gasteiger partial charge in [-0.2, -0.15) is 18.3 Å². The fraction of sp³-hybridized carbons (Fsp3) is 0.417. The Kier molecular flexibility index (Phi) is 8.78. The first kappa shape index (κ1) is 33.2. The highest BCUT2D eigenvalue weighted by atomic mass is 19.4. The summed E-state index contributed by atoms with van der Waals surface area (Å²) < 4.78 is 46.7. The van der Waals surface area contributed by atoms with Crippen LogP contribution < -0.4 is 16.0 Å². The minimum absolute atomic E-state index is 0.0344. The second kappa shape index (κ2) is 12.7. The number of hydrogen-bond donors (Lipinski definition) is 3. The zero-order valence-corrected chi connectivity index (χ0v) is 27.7. The first-order valence-electron chi connectivity index (χ1n) is 16.3. The zero-order valence-electron chi connectivity index (χ0n) is 27.7. The number of nitrogens with one attached hydrogen (secondary N) is 3. The summed E-state index contributed by atoms with van der Waals surface area (Å²) in [5.74, 6) is -0.209. The van der Waals surface area contributed by atoms with Gasteiger partial charge in [-0.25, -0.2) is 14.3 Å². The predicted octanol–water partition coefficient (Wildman–Crippen LogP) is 9.06. The number of nitrogens with zero attached hydrogens (tertiary/aromatic N) is 3. The Labute approximate surface area is 277 Å². The third kappa shape index (κ3) is 7.22. The van der Waals surface area contributed by atoms with Gasteiger partial charge in [0.25, 0.3) is 0 Å². The van der Waals surface area contributed by atoms with Gasteiger partial charge in [0.2, 0.25) is 5.76 Å². The molecule has 2 aromatic heterocycles. The van der Waals surface area contributed by atoms with Crippen molar-refractivity contribution in [3.8, 4) is 5.69 Å². The highest BCUT2D eigenvalue weighted by Gasteiger charge is 2.44. The molecule has 254 valence electrons. The fourth-order valence-corrected chi connectivity index (χ4v) is 6.84. The summed E-state index contributed by atoms with van der Waals surface area (Å²) in [5, 5.41) is 13.1. The highest BCUT2D eigenvalue weighted by Crippen LogP contribution is 2.42. The molecule has 2 aliphatic heterocycles. The summed E-state index contributed by atoms with van der Waals surface area (Å²) in [6.45, 7) is 9.66. The van der Waals surface area contributed by atoms with E-state index in [1.807, 2.05) is 61.5 Å². The summed E-state index contributed by atoms with van der Waals surface area (Å²) >= 11 is 0. The van der Waals surface area contributed by atoms with E-state index >= 15 is 0 Å². The van der Waals surface area contributed by atoms with E-state index < -0.39 is 18.0 Å². The molecule has 2 aliphatic rings. The SMILES string of the molecule is Cc1ccc(-n2nc(C(C)(C)C)cc2NC(=O)Nc2ccc(CC3CC4CCC(C3)N4C(=O)Nc3cc(C)oc3C(F)(F)F)cc2)cc1. The van der Waals surface area contributed by atoms with Crippen LogP contribution >= 0.6 is 0 Å². The molecule has 0 radical (unpaired) electrons. The van der Waals surface area contributed by atoms with E-state index in [2.05, 4.69) is 36.7 Å². The molecule has 2 aromatic carbocycles. The van der Waals surface area contributed by atoms with Crippen LogP contribution in [0.5, 0.6) is 0 Å². The summed E-state index contributed by atoms with van der Waals surface area (Å²) in [6, 6.07) is 17.8. The van der Waals surface area contributed by atoms with Gasteiger partial charge < -0.3 is 20.0 Å². The molecule has 2 saturated heterocycles. The van der Waals surface area contributed by atoms with E-state index in [1.165, 1.54) is 13.0 Å². The van der Waals surface area contributed by atoms with Crippen LogP contribution in [0.4, 0.5) is 40.0 Å². The molecule has 4 heterocycles. The lowest BCUT2D eigenvalue weighted by Gasteiger charge is -2.39. The number of aromatic nitrogens is 2. The van der Waals surface area contributed by atoms with Crippen molar-refractivity contribution in [2.24, 2.45) is 5.92 Å². The number of halogens is 3. The number of urea groups is 2. The van der Waals surface area contributed by atoms with Crippen molar-refractivity contribution in [1.82, 2.24) is 14.7 Å². The van der Waals surface area contributed by atoms with Gasteiger partial charge in [-0.3, -0.25) is 5.32 Å². The Morgan fingerprint density at radius 1 is 0.896 bits per heavy atom. The second-order valence-electron chi connectivity index (χ2n) is 14.0. The van der Waals surface area contributed by atoms with Gasteiger partial charge in [0.05, 0.1) is 17.1 Å². The molecule has 4 amide bonds. The molecule has 0 aliphatic carbocycles.